The molecule has 9 heteroatoms. The Hall–Kier alpha value is -3.23. The quantitative estimate of drug-likeness (QED) is 0.523. The normalized spacial score (nSPS) is 10.8. The van der Waals surface area contributed by atoms with E-state index < -0.39 is 10.7 Å². The zero-order chi connectivity index (χ0) is 17.3. The molecule has 0 fully saturated rings. The van der Waals surface area contributed by atoms with Crippen molar-refractivity contribution < 1.29 is 18.7 Å². The van der Waals surface area contributed by atoms with Crippen molar-refractivity contribution in [3.63, 3.8) is 0 Å². The summed E-state index contributed by atoms with van der Waals surface area (Å²) < 4.78 is 23.3. The number of ether oxygens (including phenoxy) is 1. The van der Waals surface area contributed by atoms with Crippen LogP contribution in [0, 0.1) is 15.9 Å². The van der Waals surface area contributed by atoms with E-state index in [1.807, 2.05) is 0 Å². The molecule has 1 heterocycles. The summed E-state index contributed by atoms with van der Waals surface area (Å²) in [5, 5.41) is 18.4. The number of rotatable bonds is 5. The Balaban J connectivity index is 1.93. The van der Waals surface area contributed by atoms with Crippen LogP contribution in [-0.2, 0) is 6.54 Å². The average molecular weight is 332 g/mol. The highest BCUT2D eigenvalue weighted by molar-refractivity contribution is 5.93. The van der Waals surface area contributed by atoms with Crippen LogP contribution < -0.4 is 9.64 Å². The fourth-order valence-corrected chi connectivity index (χ4v) is 2.46. The lowest BCUT2D eigenvalue weighted by molar-refractivity contribution is -0.383. The number of nitro benzene ring substituents is 1. The molecule has 0 aliphatic carbocycles. The summed E-state index contributed by atoms with van der Waals surface area (Å²) in [5.41, 5.74) is 1.47. The van der Waals surface area contributed by atoms with Crippen LogP contribution in [-0.4, -0.2) is 29.4 Å². The third-order valence-corrected chi connectivity index (χ3v) is 3.62. The second-order valence-electron chi connectivity index (χ2n) is 5.15. The summed E-state index contributed by atoms with van der Waals surface area (Å²) >= 11 is 0. The Kier molecular flexibility index (Phi) is 3.98. The van der Waals surface area contributed by atoms with Crippen LogP contribution in [0.5, 0.6) is 5.75 Å². The molecule has 3 rings (SSSR count). The zero-order valence-electron chi connectivity index (χ0n) is 12.9. The van der Waals surface area contributed by atoms with Gasteiger partial charge in [0.2, 0.25) is 5.52 Å². The fourth-order valence-electron chi connectivity index (χ4n) is 2.46. The van der Waals surface area contributed by atoms with Crippen molar-refractivity contribution in [2.75, 3.05) is 19.1 Å². The van der Waals surface area contributed by atoms with Crippen LogP contribution in [0.1, 0.15) is 5.56 Å². The van der Waals surface area contributed by atoms with Gasteiger partial charge in [-0.2, -0.15) is 0 Å². The third kappa shape index (κ3) is 2.71. The summed E-state index contributed by atoms with van der Waals surface area (Å²) in [5.74, 6) is -0.292. The maximum Gasteiger partial charge on any atom is 0.300 e. The minimum absolute atomic E-state index is 0.0743. The van der Waals surface area contributed by atoms with E-state index in [-0.39, 0.29) is 22.5 Å². The van der Waals surface area contributed by atoms with Crippen molar-refractivity contribution in [2.45, 2.75) is 6.54 Å². The van der Waals surface area contributed by atoms with Gasteiger partial charge in [-0.3, -0.25) is 10.1 Å². The Morgan fingerprint density at radius 3 is 2.71 bits per heavy atom. The molecule has 0 N–H and O–H groups in total. The maximum atomic E-state index is 13.8. The van der Waals surface area contributed by atoms with Gasteiger partial charge in [0, 0.05) is 19.7 Å². The van der Waals surface area contributed by atoms with Crippen molar-refractivity contribution in [1.29, 1.82) is 0 Å². The molecule has 0 spiro atoms. The minimum Gasteiger partial charge on any atom is -0.494 e. The number of anilines is 1. The molecule has 3 aromatic rings. The maximum absolute atomic E-state index is 13.8. The molecule has 0 unspecified atom stereocenters. The minimum atomic E-state index is -0.546. The third-order valence-electron chi connectivity index (χ3n) is 3.62. The van der Waals surface area contributed by atoms with E-state index in [2.05, 4.69) is 14.9 Å². The number of fused-ring (bicyclic) bond motifs is 1. The molecule has 0 atom stereocenters. The number of non-ortho nitro benzene ring substituents is 1. The number of methoxy groups -OCH3 is 1. The van der Waals surface area contributed by atoms with Crippen LogP contribution in [0.3, 0.4) is 0 Å². The largest absolute Gasteiger partial charge is 0.494 e. The van der Waals surface area contributed by atoms with Crippen molar-refractivity contribution in [3.05, 3.63) is 51.8 Å². The standard InChI is InChI=1S/C15H13FN4O4/c1-19(8-9-3-6-13(23-2)10(16)7-9)11-4-5-12(20(21)22)15-14(11)17-24-18-15/h3-7H,8H2,1-2H3. The lowest BCUT2D eigenvalue weighted by Gasteiger charge is -2.19. The highest BCUT2D eigenvalue weighted by atomic mass is 19.1. The van der Waals surface area contributed by atoms with Gasteiger partial charge in [0.1, 0.15) is 0 Å². The van der Waals surface area contributed by atoms with Crippen molar-refractivity contribution in [2.24, 2.45) is 0 Å². The monoisotopic (exact) mass is 332 g/mol. The fraction of sp³-hybridized carbons (Fsp3) is 0.200. The molecule has 124 valence electrons. The van der Waals surface area contributed by atoms with Gasteiger partial charge in [0.25, 0.3) is 0 Å². The van der Waals surface area contributed by atoms with E-state index in [0.29, 0.717) is 17.8 Å². The first kappa shape index (κ1) is 15.7. The summed E-state index contributed by atoms with van der Waals surface area (Å²) in [6, 6.07) is 7.56. The molecule has 0 radical (unpaired) electrons. The van der Waals surface area contributed by atoms with Crippen LogP contribution in [0.25, 0.3) is 11.0 Å². The zero-order valence-corrected chi connectivity index (χ0v) is 12.9. The van der Waals surface area contributed by atoms with Gasteiger partial charge < -0.3 is 9.64 Å². The number of aromatic nitrogens is 2. The summed E-state index contributed by atoms with van der Waals surface area (Å²) in [6.07, 6.45) is 0. The summed E-state index contributed by atoms with van der Waals surface area (Å²) in [6.45, 7) is 0.362. The van der Waals surface area contributed by atoms with Crippen molar-refractivity contribution in [1.82, 2.24) is 10.3 Å². The van der Waals surface area contributed by atoms with Crippen LogP contribution in [0.4, 0.5) is 15.8 Å². The van der Waals surface area contributed by atoms with Gasteiger partial charge in [0.15, 0.2) is 17.1 Å². The van der Waals surface area contributed by atoms with Crippen molar-refractivity contribution >= 4 is 22.4 Å². The number of benzene rings is 2. The lowest BCUT2D eigenvalue weighted by atomic mass is 10.1. The molecule has 0 aliphatic rings. The smallest absolute Gasteiger partial charge is 0.300 e. The molecule has 0 saturated heterocycles. The number of nitrogens with zero attached hydrogens (tertiary/aromatic N) is 4. The number of halogens is 1. The second kappa shape index (κ2) is 6.11. The predicted molar refractivity (Wildman–Crippen MR) is 83.5 cm³/mol. The summed E-state index contributed by atoms with van der Waals surface area (Å²) in [4.78, 5) is 12.2. The SMILES string of the molecule is COc1ccc(CN(C)c2ccc([N+](=O)[O-])c3nonc23)cc1F. The highest BCUT2D eigenvalue weighted by Gasteiger charge is 2.21. The first-order valence-electron chi connectivity index (χ1n) is 6.94. The molecule has 8 nitrogen and oxygen atoms in total. The van der Waals surface area contributed by atoms with Crippen LogP contribution in [0.2, 0.25) is 0 Å². The highest BCUT2D eigenvalue weighted by Crippen LogP contribution is 2.31. The first-order valence-corrected chi connectivity index (χ1v) is 6.94. The van der Waals surface area contributed by atoms with E-state index in [9.17, 15) is 14.5 Å². The van der Waals surface area contributed by atoms with E-state index in [4.69, 9.17) is 4.74 Å². The van der Waals surface area contributed by atoms with Crippen LogP contribution >= 0.6 is 0 Å². The Morgan fingerprint density at radius 1 is 1.29 bits per heavy atom. The molecule has 1 aromatic heterocycles. The second-order valence-corrected chi connectivity index (χ2v) is 5.15. The Labute approximate surface area is 135 Å². The molecule has 0 bridgehead atoms. The molecule has 0 saturated carbocycles. The van der Waals surface area contributed by atoms with Gasteiger partial charge in [-0.05, 0) is 34.1 Å². The van der Waals surface area contributed by atoms with E-state index in [1.165, 1.54) is 19.2 Å². The van der Waals surface area contributed by atoms with Gasteiger partial charge >= 0.3 is 5.69 Å². The van der Waals surface area contributed by atoms with Gasteiger partial charge in [-0.15, -0.1) is 0 Å². The number of nitro groups is 1. The molecule has 24 heavy (non-hydrogen) atoms. The van der Waals surface area contributed by atoms with E-state index in [0.717, 1.165) is 0 Å². The Morgan fingerprint density at radius 2 is 2.04 bits per heavy atom. The van der Waals surface area contributed by atoms with Gasteiger partial charge in [0.05, 0.1) is 17.7 Å². The predicted octanol–water partition coefficient (Wildman–Crippen LogP) is 2.92. The van der Waals surface area contributed by atoms with Crippen molar-refractivity contribution in [3.8, 4) is 5.75 Å². The summed E-state index contributed by atoms with van der Waals surface area (Å²) in [7, 11) is 3.16. The van der Waals surface area contributed by atoms with Gasteiger partial charge in [-0.1, -0.05) is 6.07 Å². The molecule has 0 amide bonds. The lowest BCUT2D eigenvalue weighted by Crippen LogP contribution is -2.17. The topological polar surface area (TPSA) is 94.5 Å². The van der Waals surface area contributed by atoms with E-state index in [1.54, 1.807) is 30.1 Å². The van der Waals surface area contributed by atoms with Crippen LogP contribution in [0.15, 0.2) is 35.0 Å². The number of hydrogen-bond acceptors (Lipinski definition) is 7. The molecule has 0 aliphatic heterocycles. The Bertz CT molecular complexity index is 912. The van der Waals surface area contributed by atoms with Gasteiger partial charge in [-0.25, -0.2) is 9.02 Å². The molecule has 2 aromatic carbocycles. The number of hydrogen-bond donors (Lipinski definition) is 0. The van der Waals surface area contributed by atoms with E-state index >= 15 is 0 Å². The molecular formula is C15H13FN4O4. The average Bonchev–Trinajstić information content (AvgIpc) is 3.03. The first-order chi connectivity index (χ1) is 11.5. The molecular weight excluding hydrogens is 319 g/mol.